The second kappa shape index (κ2) is 6.41. The maximum atomic E-state index is 3.50. The van der Waals surface area contributed by atoms with E-state index in [1.807, 2.05) is 0 Å². The maximum absolute atomic E-state index is 3.50. The zero-order chi connectivity index (χ0) is 10.4. The first-order chi connectivity index (χ1) is 6.77. The van der Waals surface area contributed by atoms with Gasteiger partial charge in [0.25, 0.3) is 0 Å². The van der Waals surface area contributed by atoms with Crippen molar-refractivity contribution in [3.05, 3.63) is 0 Å². The summed E-state index contributed by atoms with van der Waals surface area (Å²) >= 11 is 0. The minimum absolute atomic E-state index is 0.634. The molecule has 14 heavy (non-hydrogen) atoms. The van der Waals surface area contributed by atoms with Crippen LogP contribution in [0.2, 0.25) is 0 Å². The topological polar surface area (TPSA) is 24.1 Å². The van der Waals surface area contributed by atoms with Gasteiger partial charge >= 0.3 is 0 Å². The quantitative estimate of drug-likeness (QED) is 0.707. The first-order valence-corrected chi connectivity index (χ1v) is 6.12. The molecule has 0 saturated heterocycles. The highest BCUT2D eigenvalue weighted by Crippen LogP contribution is 2.28. The van der Waals surface area contributed by atoms with E-state index in [0.29, 0.717) is 6.04 Å². The van der Waals surface area contributed by atoms with E-state index in [-0.39, 0.29) is 0 Å². The van der Waals surface area contributed by atoms with Gasteiger partial charge in [0.1, 0.15) is 0 Å². The monoisotopic (exact) mass is 198 g/mol. The van der Waals surface area contributed by atoms with E-state index in [0.717, 1.165) is 12.0 Å². The molecular weight excluding hydrogens is 172 g/mol. The number of rotatable bonds is 5. The summed E-state index contributed by atoms with van der Waals surface area (Å²) in [4.78, 5) is 0. The molecule has 1 aliphatic carbocycles. The highest BCUT2D eigenvalue weighted by Gasteiger charge is 2.23. The van der Waals surface area contributed by atoms with E-state index in [1.165, 1.54) is 38.5 Å². The van der Waals surface area contributed by atoms with Crippen LogP contribution in [0.25, 0.3) is 0 Å². The highest BCUT2D eigenvalue weighted by atomic mass is 14.9. The molecule has 0 aromatic heterocycles. The molecule has 1 rings (SSSR count). The van der Waals surface area contributed by atoms with Crippen LogP contribution in [0.1, 0.15) is 45.4 Å². The van der Waals surface area contributed by atoms with Crippen molar-refractivity contribution >= 4 is 0 Å². The van der Waals surface area contributed by atoms with Crippen LogP contribution in [0, 0.1) is 5.92 Å². The van der Waals surface area contributed by atoms with E-state index in [9.17, 15) is 0 Å². The molecule has 84 valence electrons. The van der Waals surface area contributed by atoms with Crippen LogP contribution in [-0.2, 0) is 0 Å². The third-order valence-electron chi connectivity index (χ3n) is 3.69. The lowest BCUT2D eigenvalue weighted by Crippen LogP contribution is -2.40. The van der Waals surface area contributed by atoms with Crippen molar-refractivity contribution in [2.75, 3.05) is 14.1 Å². The second-order valence-corrected chi connectivity index (χ2v) is 4.72. The molecule has 2 N–H and O–H groups in total. The lowest BCUT2D eigenvalue weighted by molar-refractivity contribution is 0.254. The van der Waals surface area contributed by atoms with Gasteiger partial charge in [-0.05, 0) is 46.2 Å². The second-order valence-electron chi connectivity index (χ2n) is 4.72. The van der Waals surface area contributed by atoms with Crippen LogP contribution in [0.5, 0.6) is 0 Å². The third kappa shape index (κ3) is 3.58. The lowest BCUT2D eigenvalue weighted by atomic mass is 9.82. The van der Waals surface area contributed by atoms with E-state index < -0.39 is 0 Å². The molecule has 0 aromatic carbocycles. The summed E-state index contributed by atoms with van der Waals surface area (Å²) in [5.41, 5.74) is 0. The fourth-order valence-electron chi connectivity index (χ4n) is 2.58. The molecule has 0 spiro atoms. The van der Waals surface area contributed by atoms with Crippen LogP contribution in [0.3, 0.4) is 0 Å². The van der Waals surface area contributed by atoms with Crippen molar-refractivity contribution in [2.24, 2.45) is 5.92 Å². The summed E-state index contributed by atoms with van der Waals surface area (Å²) in [5, 5.41) is 6.83. The fourth-order valence-corrected chi connectivity index (χ4v) is 2.58. The average molecular weight is 198 g/mol. The van der Waals surface area contributed by atoms with Gasteiger partial charge in [-0.15, -0.1) is 0 Å². The number of hydrogen-bond donors (Lipinski definition) is 2. The molecule has 1 fully saturated rings. The van der Waals surface area contributed by atoms with E-state index in [1.54, 1.807) is 0 Å². The summed E-state index contributed by atoms with van der Waals surface area (Å²) in [6.07, 6.45) is 8.46. The summed E-state index contributed by atoms with van der Waals surface area (Å²) in [6, 6.07) is 1.35. The van der Waals surface area contributed by atoms with Gasteiger partial charge in [0.2, 0.25) is 0 Å². The normalized spacial score (nSPS) is 23.4. The van der Waals surface area contributed by atoms with Gasteiger partial charge < -0.3 is 10.6 Å². The SMILES string of the molecule is CNC(C)CC(NC)C1CCCCC1. The zero-order valence-corrected chi connectivity index (χ0v) is 9.97. The molecule has 0 amide bonds. The van der Waals surface area contributed by atoms with Gasteiger partial charge in [0, 0.05) is 12.1 Å². The summed E-state index contributed by atoms with van der Waals surface area (Å²) in [6.45, 7) is 2.27. The number of nitrogens with one attached hydrogen (secondary N) is 2. The molecule has 0 aromatic rings. The molecule has 1 saturated carbocycles. The molecule has 2 atom stereocenters. The predicted molar refractivity (Wildman–Crippen MR) is 62.6 cm³/mol. The van der Waals surface area contributed by atoms with Crippen molar-refractivity contribution in [2.45, 2.75) is 57.5 Å². The highest BCUT2D eigenvalue weighted by molar-refractivity contribution is 4.81. The maximum Gasteiger partial charge on any atom is 0.0107 e. The molecule has 0 heterocycles. The minimum Gasteiger partial charge on any atom is -0.317 e. The first-order valence-electron chi connectivity index (χ1n) is 6.12. The van der Waals surface area contributed by atoms with Crippen molar-refractivity contribution in [1.29, 1.82) is 0 Å². The van der Waals surface area contributed by atoms with Crippen LogP contribution in [0.4, 0.5) is 0 Å². The molecule has 2 nitrogen and oxygen atoms in total. The van der Waals surface area contributed by atoms with Gasteiger partial charge in [0.15, 0.2) is 0 Å². The molecule has 0 radical (unpaired) electrons. The Kier molecular flexibility index (Phi) is 5.49. The van der Waals surface area contributed by atoms with Crippen molar-refractivity contribution in [3.8, 4) is 0 Å². The Labute approximate surface area is 88.8 Å². The van der Waals surface area contributed by atoms with Gasteiger partial charge in [-0.25, -0.2) is 0 Å². The van der Waals surface area contributed by atoms with Crippen molar-refractivity contribution in [3.63, 3.8) is 0 Å². The molecule has 0 bridgehead atoms. The predicted octanol–water partition coefficient (Wildman–Crippen LogP) is 2.15. The average Bonchev–Trinajstić information content (AvgIpc) is 2.26. The zero-order valence-electron chi connectivity index (χ0n) is 9.97. The summed E-state index contributed by atoms with van der Waals surface area (Å²) in [7, 11) is 4.17. The van der Waals surface area contributed by atoms with E-state index in [4.69, 9.17) is 0 Å². The molecular formula is C12H26N2. The van der Waals surface area contributed by atoms with Gasteiger partial charge in [0.05, 0.1) is 0 Å². The van der Waals surface area contributed by atoms with E-state index >= 15 is 0 Å². The molecule has 0 aliphatic heterocycles. The Hall–Kier alpha value is -0.0800. The third-order valence-corrected chi connectivity index (χ3v) is 3.69. The van der Waals surface area contributed by atoms with Crippen LogP contribution < -0.4 is 10.6 Å². The van der Waals surface area contributed by atoms with Gasteiger partial charge in [-0.1, -0.05) is 19.3 Å². The van der Waals surface area contributed by atoms with Crippen molar-refractivity contribution in [1.82, 2.24) is 10.6 Å². The first kappa shape index (κ1) is 12.0. The summed E-state index contributed by atoms with van der Waals surface area (Å²) in [5.74, 6) is 0.921. The lowest BCUT2D eigenvalue weighted by Gasteiger charge is -2.31. The Morgan fingerprint density at radius 3 is 2.21 bits per heavy atom. The minimum atomic E-state index is 0.634. The Morgan fingerprint density at radius 1 is 1.07 bits per heavy atom. The molecule has 2 heteroatoms. The standard InChI is InChI=1S/C12H26N2/c1-10(13-2)9-12(14-3)11-7-5-4-6-8-11/h10-14H,4-9H2,1-3H3. The van der Waals surface area contributed by atoms with Crippen LogP contribution in [0.15, 0.2) is 0 Å². The fraction of sp³-hybridized carbons (Fsp3) is 1.00. The van der Waals surface area contributed by atoms with Crippen LogP contribution in [-0.4, -0.2) is 26.2 Å². The van der Waals surface area contributed by atoms with Crippen molar-refractivity contribution < 1.29 is 0 Å². The Morgan fingerprint density at radius 2 is 1.71 bits per heavy atom. The summed E-state index contributed by atoms with van der Waals surface area (Å²) < 4.78 is 0. The van der Waals surface area contributed by atoms with Gasteiger partial charge in [-0.2, -0.15) is 0 Å². The largest absolute Gasteiger partial charge is 0.317 e. The smallest absolute Gasteiger partial charge is 0.0107 e. The van der Waals surface area contributed by atoms with Gasteiger partial charge in [-0.3, -0.25) is 0 Å². The van der Waals surface area contributed by atoms with Crippen LogP contribution >= 0.6 is 0 Å². The number of hydrogen-bond acceptors (Lipinski definition) is 2. The van der Waals surface area contributed by atoms with E-state index in [2.05, 4.69) is 31.7 Å². The molecule has 1 aliphatic rings. The Balaban J connectivity index is 2.35. The molecule has 2 unspecified atom stereocenters. The Bertz CT molecular complexity index is 141.